The van der Waals surface area contributed by atoms with Gasteiger partial charge in [-0.25, -0.2) is 4.79 Å². The molecule has 0 saturated heterocycles. The van der Waals surface area contributed by atoms with Gasteiger partial charge in [0.2, 0.25) is 5.91 Å². The number of carbonyl (C=O) groups is 1. The van der Waals surface area contributed by atoms with E-state index in [1.807, 2.05) is 37.3 Å². The summed E-state index contributed by atoms with van der Waals surface area (Å²) < 4.78 is 1.35. The Hall–Kier alpha value is -3.81. The van der Waals surface area contributed by atoms with Gasteiger partial charge in [-0.1, -0.05) is 42.5 Å². The van der Waals surface area contributed by atoms with Crippen LogP contribution >= 0.6 is 0 Å². The van der Waals surface area contributed by atoms with Crippen molar-refractivity contribution in [1.29, 1.82) is 0 Å². The molecule has 0 aliphatic heterocycles. The zero-order valence-corrected chi connectivity index (χ0v) is 16.1. The molecule has 0 unspecified atom stereocenters. The van der Waals surface area contributed by atoms with E-state index in [0.717, 1.165) is 11.1 Å². The van der Waals surface area contributed by atoms with Gasteiger partial charge in [0.25, 0.3) is 5.56 Å². The number of H-pyrrole nitrogens is 1. The Bertz CT molecular complexity index is 1120. The fraction of sp³-hybridized carbons (Fsp3) is 0.190. The van der Waals surface area contributed by atoms with Crippen LogP contribution in [0.15, 0.2) is 64.2 Å². The van der Waals surface area contributed by atoms with Crippen LogP contribution in [-0.2, 0) is 13.1 Å². The molecular weight excluding hydrogens is 370 g/mol. The van der Waals surface area contributed by atoms with Gasteiger partial charge in [-0.2, -0.15) is 0 Å². The average Bonchev–Trinajstić information content (AvgIpc) is 2.71. The lowest BCUT2D eigenvalue weighted by Gasteiger charge is -2.25. The number of aromatic amines is 1. The van der Waals surface area contributed by atoms with E-state index in [-0.39, 0.29) is 18.1 Å². The van der Waals surface area contributed by atoms with Gasteiger partial charge >= 0.3 is 5.69 Å². The number of nitrogens with zero attached hydrogens (tertiary/aromatic N) is 2. The summed E-state index contributed by atoms with van der Waals surface area (Å²) in [5.74, 6) is -0.393. The van der Waals surface area contributed by atoms with Crippen molar-refractivity contribution >= 4 is 17.4 Å². The number of nitrogens with one attached hydrogen (secondary N) is 1. The summed E-state index contributed by atoms with van der Waals surface area (Å²) in [6, 6.07) is 16.2. The number of hydrogen-bond acceptors (Lipinski definition) is 5. The van der Waals surface area contributed by atoms with Crippen molar-refractivity contribution in [3.8, 4) is 0 Å². The molecule has 0 atom stereocenters. The monoisotopic (exact) mass is 393 g/mol. The van der Waals surface area contributed by atoms with Gasteiger partial charge in [-0.05, 0) is 30.2 Å². The Morgan fingerprint density at radius 3 is 2.28 bits per heavy atom. The van der Waals surface area contributed by atoms with E-state index in [4.69, 9.17) is 11.5 Å². The van der Waals surface area contributed by atoms with Crippen LogP contribution in [0.3, 0.4) is 0 Å². The summed E-state index contributed by atoms with van der Waals surface area (Å²) >= 11 is 0. The van der Waals surface area contributed by atoms with Gasteiger partial charge < -0.3 is 16.4 Å². The lowest BCUT2D eigenvalue weighted by molar-refractivity contribution is 0.100. The molecule has 1 aromatic heterocycles. The minimum absolute atomic E-state index is 0.109. The molecule has 0 fully saturated rings. The third-order valence-electron chi connectivity index (χ3n) is 4.71. The van der Waals surface area contributed by atoms with Gasteiger partial charge in [0.05, 0.1) is 6.54 Å². The predicted molar refractivity (Wildman–Crippen MR) is 113 cm³/mol. The number of nitrogens with two attached hydrogens (primary N) is 2. The largest absolute Gasteiger partial charge is 0.383 e. The van der Waals surface area contributed by atoms with E-state index in [9.17, 15) is 14.4 Å². The van der Waals surface area contributed by atoms with Crippen molar-refractivity contribution in [3.05, 3.63) is 92.1 Å². The van der Waals surface area contributed by atoms with Gasteiger partial charge in [-0.15, -0.1) is 0 Å². The highest BCUT2D eigenvalue weighted by molar-refractivity contribution is 5.92. The fourth-order valence-electron chi connectivity index (χ4n) is 3.15. The Morgan fingerprint density at radius 2 is 1.69 bits per heavy atom. The normalized spacial score (nSPS) is 10.7. The summed E-state index contributed by atoms with van der Waals surface area (Å²) in [4.78, 5) is 40.3. The highest BCUT2D eigenvalue weighted by Gasteiger charge is 2.18. The van der Waals surface area contributed by atoms with E-state index in [1.54, 1.807) is 29.2 Å². The lowest BCUT2D eigenvalue weighted by Crippen LogP contribution is -2.38. The summed E-state index contributed by atoms with van der Waals surface area (Å²) in [6.45, 7) is 3.02. The van der Waals surface area contributed by atoms with E-state index in [1.165, 1.54) is 4.57 Å². The maximum Gasteiger partial charge on any atom is 0.330 e. The van der Waals surface area contributed by atoms with Crippen LogP contribution in [0.2, 0.25) is 0 Å². The molecule has 0 saturated carbocycles. The molecule has 5 N–H and O–H groups in total. The number of amides is 1. The number of aromatic nitrogens is 2. The molecular formula is C21H23N5O3. The van der Waals surface area contributed by atoms with Crippen LogP contribution in [0.5, 0.6) is 0 Å². The van der Waals surface area contributed by atoms with Gasteiger partial charge in [0, 0.05) is 18.7 Å². The quantitative estimate of drug-likeness (QED) is 0.557. The lowest BCUT2D eigenvalue weighted by atomic mass is 10.1. The van der Waals surface area contributed by atoms with Crippen molar-refractivity contribution < 1.29 is 4.79 Å². The van der Waals surface area contributed by atoms with Crippen molar-refractivity contribution in [2.24, 2.45) is 5.73 Å². The number of anilines is 2. The molecule has 150 valence electrons. The molecule has 0 bridgehead atoms. The summed E-state index contributed by atoms with van der Waals surface area (Å²) in [5.41, 5.74) is 12.9. The highest BCUT2D eigenvalue weighted by Crippen LogP contribution is 2.20. The molecule has 3 aromatic rings. The molecule has 1 amide bonds. The smallest absolute Gasteiger partial charge is 0.330 e. The maximum absolute atomic E-state index is 12.5. The molecule has 0 spiro atoms. The Balaban J connectivity index is 1.96. The first kappa shape index (κ1) is 19.9. The second-order valence-electron chi connectivity index (χ2n) is 6.64. The van der Waals surface area contributed by atoms with Crippen LogP contribution in [0, 0.1) is 0 Å². The van der Waals surface area contributed by atoms with Crippen LogP contribution in [0.1, 0.15) is 28.4 Å². The van der Waals surface area contributed by atoms with Crippen LogP contribution in [0.4, 0.5) is 11.5 Å². The number of primary amides is 1. The molecule has 29 heavy (non-hydrogen) atoms. The molecule has 0 aliphatic carbocycles. The summed E-state index contributed by atoms with van der Waals surface area (Å²) in [6.07, 6.45) is 0. The maximum atomic E-state index is 12.5. The average molecular weight is 393 g/mol. The summed E-state index contributed by atoms with van der Waals surface area (Å²) in [5, 5.41) is 0. The number of benzene rings is 2. The molecule has 2 aromatic carbocycles. The Kier molecular flexibility index (Phi) is 5.82. The van der Waals surface area contributed by atoms with Crippen LogP contribution in [0.25, 0.3) is 0 Å². The van der Waals surface area contributed by atoms with E-state index in [0.29, 0.717) is 18.7 Å². The topological polar surface area (TPSA) is 127 Å². The van der Waals surface area contributed by atoms with E-state index < -0.39 is 17.2 Å². The zero-order valence-electron chi connectivity index (χ0n) is 16.1. The molecule has 8 heteroatoms. The second kappa shape index (κ2) is 8.47. The third-order valence-corrected chi connectivity index (χ3v) is 4.71. The van der Waals surface area contributed by atoms with Crippen molar-refractivity contribution in [3.63, 3.8) is 0 Å². The molecule has 8 nitrogen and oxygen atoms in total. The zero-order chi connectivity index (χ0) is 21.0. The van der Waals surface area contributed by atoms with Crippen LogP contribution in [-0.4, -0.2) is 22.0 Å². The predicted octanol–water partition coefficient (Wildman–Crippen LogP) is 1.29. The number of rotatable bonds is 7. The fourth-order valence-corrected chi connectivity index (χ4v) is 3.15. The number of nitrogen functional groups attached to an aromatic ring is 1. The van der Waals surface area contributed by atoms with Crippen molar-refractivity contribution in [2.75, 3.05) is 17.2 Å². The molecule has 0 aliphatic rings. The highest BCUT2D eigenvalue weighted by atomic mass is 16.2. The first-order valence-electron chi connectivity index (χ1n) is 9.21. The molecule has 0 radical (unpaired) electrons. The number of hydrogen-bond donors (Lipinski definition) is 3. The van der Waals surface area contributed by atoms with Crippen LogP contribution < -0.4 is 27.6 Å². The minimum atomic E-state index is -0.554. The van der Waals surface area contributed by atoms with E-state index >= 15 is 0 Å². The van der Waals surface area contributed by atoms with E-state index in [2.05, 4.69) is 4.98 Å². The SMILES string of the molecule is CCN(Cc1ccc(C(N)=O)cc1)c1c(N)n(Cc2ccccc2)c(=O)[nH]c1=O. The first-order chi connectivity index (χ1) is 13.9. The second-order valence-corrected chi connectivity index (χ2v) is 6.64. The van der Waals surface area contributed by atoms with Gasteiger partial charge in [0.15, 0.2) is 0 Å². The Morgan fingerprint density at radius 1 is 1.03 bits per heavy atom. The van der Waals surface area contributed by atoms with Gasteiger partial charge in [-0.3, -0.25) is 19.1 Å². The van der Waals surface area contributed by atoms with Gasteiger partial charge in [0.1, 0.15) is 11.5 Å². The number of carbonyl (C=O) groups excluding carboxylic acids is 1. The minimum Gasteiger partial charge on any atom is -0.383 e. The molecule has 1 heterocycles. The first-order valence-corrected chi connectivity index (χ1v) is 9.21. The Labute approximate surface area is 167 Å². The molecule has 3 rings (SSSR count). The standard InChI is InChI=1S/C21H23N5O3/c1-2-25(12-15-8-10-16(11-9-15)19(23)27)17-18(22)26(21(29)24-20(17)28)13-14-6-4-3-5-7-14/h3-11H,2,12-13,22H2,1H3,(H2,23,27)(H,24,28,29). The summed E-state index contributed by atoms with van der Waals surface area (Å²) in [7, 11) is 0. The van der Waals surface area contributed by atoms with Crippen molar-refractivity contribution in [2.45, 2.75) is 20.0 Å². The third kappa shape index (κ3) is 4.37. The van der Waals surface area contributed by atoms with Crippen molar-refractivity contribution in [1.82, 2.24) is 9.55 Å².